The third-order valence-electron chi connectivity index (χ3n) is 3.61. The topological polar surface area (TPSA) is 82.4 Å². The number of amides is 1. The summed E-state index contributed by atoms with van der Waals surface area (Å²) in [4.78, 5) is 23.9. The van der Waals surface area contributed by atoms with Gasteiger partial charge in [-0.25, -0.2) is 4.79 Å². The number of aromatic nitrogens is 2. The minimum absolute atomic E-state index is 0.355. The number of rotatable bonds is 6. The minimum atomic E-state index is -0.547. The third-order valence-corrected chi connectivity index (χ3v) is 3.61. The van der Waals surface area contributed by atoms with E-state index in [1.54, 1.807) is 50.0 Å². The van der Waals surface area contributed by atoms with Crippen LogP contribution in [0.15, 0.2) is 24.3 Å². The number of benzene rings is 1. The summed E-state index contributed by atoms with van der Waals surface area (Å²) in [6.45, 7) is 3.77. The highest BCUT2D eigenvalue weighted by Crippen LogP contribution is 2.18. The molecule has 24 heavy (non-hydrogen) atoms. The van der Waals surface area contributed by atoms with Crippen molar-refractivity contribution in [2.45, 2.75) is 20.5 Å². The van der Waals surface area contributed by atoms with Crippen LogP contribution in [-0.4, -0.2) is 35.4 Å². The summed E-state index contributed by atoms with van der Waals surface area (Å²) in [7, 11) is 3.40. The van der Waals surface area contributed by atoms with E-state index in [4.69, 9.17) is 9.47 Å². The van der Waals surface area contributed by atoms with Crippen LogP contribution in [0.3, 0.4) is 0 Å². The molecule has 0 unspecified atom stereocenters. The molecule has 0 aliphatic rings. The van der Waals surface area contributed by atoms with E-state index >= 15 is 0 Å². The third kappa shape index (κ3) is 4.20. The van der Waals surface area contributed by atoms with Gasteiger partial charge in [0.2, 0.25) is 0 Å². The van der Waals surface area contributed by atoms with Crippen molar-refractivity contribution in [3.8, 4) is 0 Å². The first-order valence-corrected chi connectivity index (χ1v) is 7.47. The predicted molar refractivity (Wildman–Crippen MR) is 88.7 cm³/mol. The maximum absolute atomic E-state index is 12.0. The number of anilines is 1. The molecule has 0 saturated heterocycles. The zero-order valence-electron chi connectivity index (χ0n) is 14.3. The van der Waals surface area contributed by atoms with Gasteiger partial charge in [-0.2, -0.15) is 5.10 Å². The smallest absolute Gasteiger partial charge is 0.338 e. The second kappa shape index (κ2) is 7.74. The van der Waals surface area contributed by atoms with Crippen LogP contribution < -0.4 is 5.32 Å². The Labute approximate surface area is 140 Å². The van der Waals surface area contributed by atoms with Crippen molar-refractivity contribution >= 4 is 17.6 Å². The quantitative estimate of drug-likeness (QED) is 0.819. The van der Waals surface area contributed by atoms with Gasteiger partial charge < -0.3 is 14.8 Å². The summed E-state index contributed by atoms with van der Waals surface area (Å²) in [5.74, 6) is -0.952. The number of carbonyl (C=O) groups excluding carboxylic acids is 2. The molecule has 1 heterocycles. The zero-order chi connectivity index (χ0) is 17.7. The number of ether oxygens (including phenoxy) is 2. The number of hydrogen-bond acceptors (Lipinski definition) is 5. The molecule has 0 atom stereocenters. The van der Waals surface area contributed by atoms with Crippen molar-refractivity contribution in [2.75, 3.05) is 19.0 Å². The Balaban J connectivity index is 1.90. The lowest BCUT2D eigenvalue weighted by atomic mass is 10.1. The average molecular weight is 331 g/mol. The Morgan fingerprint density at radius 1 is 1.21 bits per heavy atom. The Morgan fingerprint density at radius 3 is 2.42 bits per heavy atom. The van der Waals surface area contributed by atoms with Gasteiger partial charge in [0.25, 0.3) is 5.91 Å². The highest BCUT2D eigenvalue weighted by atomic mass is 16.5. The molecule has 1 N–H and O–H groups in total. The number of esters is 1. The Morgan fingerprint density at radius 2 is 1.88 bits per heavy atom. The number of hydrogen-bond donors (Lipinski definition) is 1. The monoisotopic (exact) mass is 331 g/mol. The van der Waals surface area contributed by atoms with Crippen LogP contribution in [0.4, 0.5) is 5.69 Å². The molecule has 128 valence electrons. The molecule has 0 spiro atoms. The molecule has 0 saturated carbocycles. The normalized spacial score (nSPS) is 10.5. The fourth-order valence-electron chi connectivity index (χ4n) is 2.25. The van der Waals surface area contributed by atoms with Crippen molar-refractivity contribution in [3.63, 3.8) is 0 Å². The summed E-state index contributed by atoms with van der Waals surface area (Å²) in [6, 6.07) is 6.85. The van der Waals surface area contributed by atoms with Crippen molar-refractivity contribution < 1.29 is 19.1 Å². The van der Waals surface area contributed by atoms with Gasteiger partial charge in [-0.3, -0.25) is 9.48 Å². The number of nitrogens with one attached hydrogen (secondary N) is 1. The Hall–Kier alpha value is -2.67. The van der Waals surface area contributed by atoms with E-state index in [-0.39, 0.29) is 6.61 Å². The van der Waals surface area contributed by atoms with Crippen LogP contribution in [-0.2, 0) is 27.9 Å². The van der Waals surface area contributed by atoms with E-state index in [1.165, 1.54) is 0 Å². The largest absolute Gasteiger partial charge is 0.452 e. The van der Waals surface area contributed by atoms with E-state index in [1.807, 2.05) is 6.92 Å². The van der Waals surface area contributed by atoms with Crippen molar-refractivity contribution in [3.05, 3.63) is 46.8 Å². The molecule has 1 aromatic heterocycles. The van der Waals surface area contributed by atoms with E-state index in [0.29, 0.717) is 23.6 Å². The van der Waals surface area contributed by atoms with Gasteiger partial charge >= 0.3 is 5.97 Å². The molecule has 1 aromatic carbocycles. The molecule has 2 aromatic rings. The molecular formula is C17H21N3O4. The van der Waals surface area contributed by atoms with Gasteiger partial charge in [-0.1, -0.05) is 12.1 Å². The van der Waals surface area contributed by atoms with E-state index < -0.39 is 11.9 Å². The molecule has 0 bridgehead atoms. The van der Waals surface area contributed by atoms with Crippen molar-refractivity contribution in [1.82, 2.24) is 9.78 Å². The number of nitrogens with zero attached hydrogens (tertiary/aromatic N) is 2. The standard InChI is InChI=1S/C17H21N3O4/c1-11-16(12(2)20(3)19-11)18-15(21)10-24-17(22)14-7-5-13(6-8-14)9-23-4/h5-8H,9-10H2,1-4H3,(H,18,21). The molecule has 0 radical (unpaired) electrons. The van der Waals surface area contributed by atoms with Gasteiger partial charge in [-0.15, -0.1) is 0 Å². The molecular weight excluding hydrogens is 310 g/mol. The van der Waals surface area contributed by atoms with E-state index in [0.717, 1.165) is 11.3 Å². The van der Waals surface area contributed by atoms with Gasteiger partial charge in [0, 0.05) is 14.2 Å². The maximum Gasteiger partial charge on any atom is 0.338 e. The molecule has 0 aliphatic heterocycles. The summed E-state index contributed by atoms with van der Waals surface area (Å²) in [5, 5.41) is 6.93. The fourth-order valence-corrected chi connectivity index (χ4v) is 2.25. The van der Waals surface area contributed by atoms with Gasteiger partial charge in [-0.05, 0) is 31.5 Å². The van der Waals surface area contributed by atoms with E-state index in [9.17, 15) is 9.59 Å². The summed E-state index contributed by atoms with van der Waals surface area (Å²) in [5.41, 5.74) is 3.53. The van der Waals surface area contributed by atoms with E-state index in [2.05, 4.69) is 10.4 Å². The molecule has 0 aliphatic carbocycles. The van der Waals surface area contributed by atoms with Crippen molar-refractivity contribution in [1.29, 1.82) is 0 Å². The highest BCUT2D eigenvalue weighted by molar-refractivity contribution is 5.96. The van der Waals surface area contributed by atoms with Crippen LogP contribution in [0.5, 0.6) is 0 Å². The number of carbonyl (C=O) groups is 2. The molecule has 7 nitrogen and oxygen atoms in total. The first-order valence-electron chi connectivity index (χ1n) is 7.47. The molecule has 0 fully saturated rings. The molecule has 1 amide bonds. The van der Waals surface area contributed by atoms with Gasteiger partial charge in [0.1, 0.15) is 0 Å². The first kappa shape index (κ1) is 17.7. The lowest BCUT2D eigenvalue weighted by Crippen LogP contribution is -2.21. The lowest BCUT2D eigenvalue weighted by molar-refractivity contribution is -0.119. The highest BCUT2D eigenvalue weighted by Gasteiger charge is 2.14. The minimum Gasteiger partial charge on any atom is -0.452 e. The molecule has 7 heteroatoms. The number of aryl methyl sites for hydroxylation is 2. The molecule has 2 rings (SSSR count). The second-order valence-electron chi connectivity index (χ2n) is 5.42. The summed E-state index contributed by atoms with van der Waals surface area (Å²) >= 11 is 0. The predicted octanol–water partition coefficient (Wildman–Crippen LogP) is 1.98. The van der Waals surface area contributed by atoms with Crippen LogP contribution in [0, 0.1) is 13.8 Å². The average Bonchev–Trinajstić information content (AvgIpc) is 2.80. The first-order chi connectivity index (χ1) is 11.4. The summed E-state index contributed by atoms with van der Waals surface area (Å²) < 4.78 is 11.7. The van der Waals surface area contributed by atoms with Crippen LogP contribution >= 0.6 is 0 Å². The fraction of sp³-hybridized carbons (Fsp3) is 0.353. The zero-order valence-corrected chi connectivity index (χ0v) is 14.3. The van der Waals surface area contributed by atoms with Gasteiger partial charge in [0.05, 0.1) is 29.2 Å². The summed E-state index contributed by atoms with van der Waals surface area (Å²) in [6.07, 6.45) is 0. The Bertz CT molecular complexity index is 735. The Kier molecular flexibility index (Phi) is 5.70. The van der Waals surface area contributed by atoms with Crippen LogP contribution in [0.1, 0.15) is 27.3 Å². The SMILES string of the molecule is COCc1ccc(C(=O)OCC(=O)Nc2c(C)nn(C)c2C)cc1. The van der Waals surface area contributed by atoms with Crippen LogP contribution in [0.2, 0.25) is 0 Å². The van der Waals surface area contributed by atoms with Crippen LogP contribution in [0.25, 0.3) is 0 Å². The second-order valence-corrected chi connectivity index (χ2v) is 5.42. The number of methoxy groups -OCH3 is 1. The maximum atomic E-state index is 12.0. The van der Waals surface area contributed by atoms with Gasteiger partial charge in [0.15, 0.2) is 6.61 Å². The lowest BCUT2D eigenvalue weighted by Gasteiger charge is -2.07. The van der Waals surface area contributed by atoms with Crippen molar-refractivity contribution in [2.24, 2.45) is 7.05 Å².